The highest BCUT2D eigenvalue weighted by atomic mass is 16.3. The van der Waals surface area contributed by atoms with Gasteiger partial charge in [-0.2, -0.15) is 0 Å². The summed E-state index contributed by atoms with van der Waals surface area (Å²) in [6.45, 7) is 4.44. The predicted octanol–water partition coefficient (Wildman–Crippen LogP) is 5.28. The lowest BCUT2D eigenvalue weighted by Gasteiger charge is -2.06. The normalized spacial score (nSPS) is 11.8. The number of nitrogens with one attached hydrogen (secondary N) is 1. The molecule has 31 heavy (non-hydrogen) atoms. The molecule has 0 fully saturated rings. The molecule has 1 amide bonds. The van der Waals surface area contributed by atoms with Crippen molar-refractivity contribution >= 4 is 12.0 Å². The molecular formula is C28H31NO2. The Labute approximate surface area is 185 Å². The van der Waals surface area contributed by atoms with Crippen LogP contribution in [0.2, 0.25) is 0 Å². The predicted molar refractivity (Wildman–Crippen MR) is 128 cm³/mol. The summed E-state index contributed by atoms with van der Waals surface area (Å²) in [5.41, 5.74) is 9.11. The number of hydrogen-bond donors (Lipinski definition) is 2. The van der Waals surface area contributed by atoms with Gasteiger partial charge >= 0.3 is 0 Å². The molecule has 0 bridgehead atoms. The average molecular weight is 414 g/mol. The standard InChI is InChI=1S/C18H18.C10H13NO2/c1-14-6-2-3-7-16(14)11-10-15-12-17-8-4-5-9-18(17)13-15;1-8-2-4-9(5-3-8)10(13)11-6-7-12/h2-9,12H,10-11,13H2,1H3;2-5,12H,6-7H2,1H3,(H,11,13). The topological polar surface area (TPSA) is 49.3 Å². The Hall–Kier alpha value is -3.17. The number of aryl methyl sites for hydroxylation is 3. The summed E-state index contributed by atoms with van der Waals surface area (Å²) in [6, 6.07) is 24.7. The second-order valence-electron chi connectivity index (χ2n) is 7.95. The minimum Gasteiger partial charge on any atom is -0.395 e. The molecule has 3 aromatic rings. The first-order valence-corrected chi connectivity index (χ1v) is 10.8. The Kier molecular flexibility index (Phi) is 8.19. The number of aliphatic hydroxyl groups is 1. The van der Waals surface area contributed by atoms with Gasteiger partial charge in [0.1, 0.15) is 0 Å². The molecule has 0 aliphatic heterocycles. The summed E-state index contributed by atoms with van der Waals surface area (Å²) in [5.74, 6) is -0.144. The Morgan fingerprint density at radius 2 is 1.61 bits per heavy atom. The first-order valence-electron chi connectivity index (χ1n) is 10.8. The molecule has 160 valence electrons. The van der Waals surface area contributed by atoms with Crippen molar-refractivity contribution in [1.29, 1.82) is 0 Å². The van der Waals surface area contributed by atoms with Crippen LogP contribution in [0.25, 0.3) is 6.08 Å². The van der Waals surface area contributed by atoms with Crippen molar-refractivity contribution in [2.75, 3.05) is 13.2 Å². The van der Waals surface area contributed by atoms with E-state index in [-0.39, 0.29) is 12.5 Å². The van der Waals surface area contributed by atoms with Gasteiger partial charge in [0.05, 0.1) is 6.61 Å². The fourth-order valence-electron chi connectivity index (χ4n) is 3.67. The number of rotatable bonds is 6. The first kappa shape index (κ1) is 22.5. The minimum absolute atomic E-state index is 0.0302. The molecule has 0 saturated carbocycles. The van der Waals surface area contributed by atoms with Gasteiger partial charge in [-0.05, 0) is 67.5 Å². The van der Waals surface area contributed by atoms with Gasteiger partial charge in [0.2, 0.25) is 0 Å². The quantitative estimate of drug-likeness (QED) is 0.577. The SMILES string of the molecule is Cc1ccc(C(=O)NCCO)cc1.Cc1ccccc1CCC1=Cc2ccccc2C1. The molecule has 4 rings (SSSR count). The smallest absolute Gasteiger partial charge is 0.251 e. The third-order valence-corrected chi connectivity index (χ3v) is 5.52. The maximum atomic E-state index is 11.3. The van der Waals surface area contributed by atoms with E-state index >= 15 is 0 Å². The summed E-state index contributed by atoms with van der Waals surface area (Å²) in [6.07, 6.45) is 5.85. The van der Waals surface area contributed by atoms with Crippen LogP contribution < -0.4 is 5.32 Å². The largest absolute Gasteiger partial charge is 0.395 e. The lowest BCUT2D eigenvalue weighted by atomic mass is 10.00. The van der Waals surface area contributed by atoms with Crippen molar-refractivity contribution in [1.82, 2.24) is 5.32 Å². The van der Waals surface area contributed by atoms with E-state index in [1.165, 1.54) is 28.7 Å². The summed E-state index contributed by atoms with van der Waals surface area (Å²) < 4.78 is 0. The van der Waals surface area contributed by atoms with E-state index < -0.39 is 0 Å². The molecule has 0 spiro atoms. The van der Waals surface area contributed by atoms with E-state index in [1.54, 1.807) is 17.7 Å². The third kappa shape index (κ3) is 6.66. The Balaban J connectivity index is 0.000000187. The Morgan fingerprint density at radius 3 is 2.32 bits per heavy atom. The van der Waals surface area contributed by atoms with E-state index in [0.717, 1.165) is 18.4 Å². The van der Waals surface area contributed by atoms with Crippen molar-refractivity contribution in [2.24, 2.45) is 0 Å². The maximum Gasteiger partial charge on any atom is 0.251 e. The van der Waals surface area contributed by atoms with Gasteiger partial charge < -0.3 is 10.4 Å². The number of aliphatic hydroxyl groups excluding tert-OH is 1. The van der Waals surface area contributed by atoms with Gasteiger partial charge in [-0.3, -0.25) is 4.79 Å². The molecule has 1 aliphatic rings. The van der Waals surface area contributed by atoms with Gasteiger partial charge in [0.25, 0.3) is 5.91 Å². The second-order valence-corrected chi connectivity index (χ2v) is 7.95. The van der Waals surface area contributed by atoms with Gasteiger partial charge in [0, 0.05) is 12.1 Å². The molecule has 0 unspecified atom stereocenters. The summed E-state index contributed by atoms with van der Waals surface area (Å²) in [4.78, 5) is 11.3. The van der Waals surface area contributed by atoms with E-state index in [9.17, 15) is 4.79 Å². The molecule has 3 heteroatoms. The van der Waals surface area contributed by atoms with Crippen molar-refractivity contribution < 1.29 is 9.90 Å². The zero-order valence-electron chi connectivity index (χ0n) is 18.4. The number of carbonyl (C=O) groups is 1. The highest BCUT2D eigenvalue weighted by Crippen LogP contribution is 2.27. The summed E-state index contributed by atoms with van der Waals surface area (Å²) in [7, 11) is 0. The molecular weight excluding hydrogens is 382 g/mol. The number of benzene rings is 3. The van der Waals surface area contributed by atoms with Crippen LogP contribution in [0.4, 0.5) is 0 Å². The van der Waals surface area contributed by atoms with E-state index in [2.05, 4.69) is 66.8 Å². The number of amides is 1. The fraction of sp³-hybridized carbons (Fsp3) is 0.250. The lowest BCUT2D eigenvalue weighted by molar-refractivity contribution is 0.0945. The fourth-order valence-corrected chi connectivity index (χ4v) is 3.67. The van der Waals surface area contributed by atoms with Crippen LogP contribution in [0.5, 0.6) is 0 Å². The van der Waals surface area contributed by atoms with Crippen LogP contribution in [0.3, 0.4) is 0 Å². The maximum absolute atomic E-state index is 11.3. The zero-order chi connectivity index (χ0) is 22.1. The molecule has 0 atom stereocenters. The number of allylic oxidation sites excluding steroid dienone is 1. The highest BCUT2D eigenvalue weighted by molar-refractivity contribution is 5.94. The monoisotopic (exact) mass is 413 g/mol. The molecule has 3 aromatic carbocycles. The van der Waals surface area contributed by atoms with Crippen LogP contribution in [0, 0.1) is 13.8 Å². The van der Waals surface area contributed by atoms with Crippen LogP contribution in [-0.4, -0.2) is 24.2 Å². The van der Waals surface area contributed by atoms with Crippen LogP contribution in [0.1, 0.15) is 44.6 Å². The minimum atomic E-state index is -0.144. The molecule has 0 radical (unpaired) electrons. The molecule has 1 aliphatic carbocycles. The first-order chi connectivity index (χ1) is 15.1. The highest BCUT2D eigenvalue weighted by Gasteiger charge is 2.11. The molecule has 0 aromatic heterocycles. The number of fused-ring (bicyclic) bond motifs is 1. The lowest BCUT2D eigenvalue weighted by Crippen LogP contribution is -2.26. The van der Waals surface area contributed by atoms with E-state index in [1.807, 2.05) is 19.1 Å². The number of carbonyl (C=O) groups excluding carboxylic acids is 1. The van der Waals surface area contributed by atoms with Crippen LogP contribution in [0.15, 0.2) is 78.4 Å². The van der Waals surface area contributed by atoms with Crippen molar-refractivity contribution in [3.8, 4) is 0 Å². The van der Waals surface area contributed by atoms with Gasteiger partial charge in [-0.1, -0.05) is 77.9 Å². The Morgan fingerprint density at radius 1 is 0.903 bits per heavy atom. The number of hydrogen-bond acceptors (Lipinski definition) is 2. The molecule has 0 saturated heterocycles. The molecule has 2 N–H and O–H groups in total. The average Bonchev–Trinajstić information content (AvgIpc) is 3.21. The summed E-state index contributed by atoms with van der Waals surface area (Å²) in [5, 5.41) is 11.1. The van der Waals surface area contributed by atoms with Crippen molar-refractivity contribution in [3.63, 3.8) is 0 Å². The van der Waals surface area contributed by atoms with Crippen molar-refractivity contribution in [3.05, 3.63) is 112 Å². The summed E-state index contributed by atoms with van der Waals surface area (Å²) >= 11 is 0. The van der Waals surface area contributed by atoms with Crippen molar-refractivity contribution in [2.45, 2.75) is 33.1 Å². The Bertz CT molecular complexity index is 1030. The van der Waals surface area contributed by atoms with E-state index in [0.29, 0.717) is 12.1 Å². The van der Waals surface area contributed by atoms with Gasteiger partial charge in [-0.25, -0.2) is 0 Å². The second kappa shape index (κ2) is 11.3. The molecule has 3 nitrogen and oxygen atoms in total. The zero-order valence-corrected chi connectivity index (χ0v) is 18.4. The molecule has 0 heterocycles. The van der Waals surface area contributed by atoms with Gasteiger partial charge in [0.15, 0.2) is 0 Å². The van der Waals surface area contributed by atoms with E-state index in [4.69, 9.17) is 5.11 Å². The van der Waals surface area contributed by atoms with Crippen LogP contribution >= 0.6 is 0 Å². The van der Waals surface area contributed by atoms with Crippen LogP contribution in [-0.2, 0) is 12.8 Å². The third-order valence-electron chi connectivity index (χ3n) is 5.52. The van der Waals surface area contributed by atoms with Gasteiger partial charge in [-0.15, -0.1) is 0 Å².